The maximum atomic E-state index is 10.5. The first-order valence-electron chi connectivity index (χ1n) is 6.90. The van der Waals surface area contributed by atoms with Gasteiger partial charge in [0.25, 0.3) is 0 Å². The van der Waals surface area contributed by atoms with Gasteiger partial charge in [0, 0.05) is 0 Å². The van der Waals surface area contributed by atoms with Crippen molar-refractivity contribution in [1.82, 2.24) is 0 Å². The van der Waals surface area contributed by atoms with Crippen LogP contribution in [0.1, 0.15) is 59.8 Å². The number of phosphoric acid groups is 1. The molecule has 2 N–H and O–H groups in total. The van der Waals surface area contributed by atoms with Gasteiger partial charge in [-0.15, -0.1) is 0 Å². The van der Waals surface area contributed by atoms with Crippen molar-refractivity contribution in [3.63, 3.8) is 0 Å². The van der Waals surface area contributed by atoms with Crippen LogP contribution in [0.15, 0.2) is 0 Å². The molecule has 0 amide bonds. The molecule has 0 aliphatic heterocycles. The van der Waals surface area contributed by atoms with E-state index in [-0.39, 0.29) is 6.61 Å². The lowest BCUT2D eigenvalue weighted by atomic mass is 9.86. The fraction of sp³-hybridized carbons (Fsp3) is 1.00. The second-order valence-corrected chi connectivity index (χ2v) is 7.18. The quantitative estimate of drug-likeness (QED) is 0.469. The molecule has 0 fully saturated rings. The summed E-state index contributed by atoms with van der Waals surface area (Å²) >= 11 is 0. The van der Waals surface area contributed by atoms with Crippen LogP contribution in [-0.2, 0) is 9.09 Å². The molecule has 0 saturated carbocycles. The molecular formula is C13H29O4P. The van der Waals surface area contributed by atoms with E-state index in [2.05, 4.69) is 32.2 Å². The number of phosphoric ester groups is 1. The number of unbranched alkanes of at least 4 members (excludes halogenated alkanes) is 1. The molecular weight excluding hydrogens is 251 g/mol. The van der Waals surface area contributed by atoms with Crippen LogP contribution in [0.2, 0.25) is 0 Å². The lowest BCUT2D eigenvalue weighted by molar-refractivity contribution is 0.191. The topological polar surface area (TPSA) is 66.8 Å². The Morgan fingerprint density at radius 2 is 1.50 bits per heavy atom. The standard InChI is InChI=1S/C13H29O4P/c1-11(2)9-13(10-12(3)4)7-5-6-8-17-18(14,15)16/h11-13H,5-10H2,1-4H3,(H2,14,15,16). The summed E-state index contributed by atoms with van der Waals surface area (Å²) in [6, 6.07) is 0. The largest absolute Gasteiger partial charge is 0.469 e. The molecule has 0 radical (unpaired) electrons. The minimum absolute atomic E-state index is 0.153. The smallest absolute Gasteiger partial charge is 0.303 e. The summed E-state index contributed by atoms with van der Waals surface area (Å²) in [5, 5.41) is 0. The van der Waals surface area contributed by atoms with Gasteiger partial charge in [-0.1, -0.05) is 40.5 Å². The van der Waals surface area contributed by atoms with Gasteiger partial charge in [-0.3, -0.25) is 4.52 Å². The van der Waals surface area contributed by atoms with Gasteiger partial charge in [0.2, 0.25) is 0 Å². The molecule has 0 aromatic carbocycles. The van der Waals surface area contributed by atoms with Crippen LogP contribution in [0.5, 0.6) is 0 Å². The summed E-state index contributed by atoms with van der Waals surface area (Å²) in [4.78, 5) is 17.1. The Morgan fingerprint density at radius 1 is 1.00 bits per heavy atom. The molecule has 0 atom stereocenters. The Kier molecular flexibility index (Phi) is 9.14. The van der Waals surface area contributed by atoms with Crippen LogP contribution < -0.4 is 0 Å². The van der Waals surface area contributed by atoms with Crippen LogP contribution in [0, 0.1) is 17.8 Å². The van der Waals surface area contributed by atoms with Crippen molar-refractivity contribution >= 4 is 7.82 Å². The van der Waals surface area contributed by atoms with Crippen molar-refractivity contribution in [3.05, 3.63) is 0 Å². The van der Waals surface area contributed by atoms with E-state index in [0.29, 0.717) is 11.8 Å². The molecule has 0 rings (SSSR count). The molecule has 0 saturated heterocycles. The van der Waals surface area contributed by atoms with E-state index >= 15 is 0 Å². The molecule has 18 heavy (non-hydrogen) atoms. The summed E-state index contributed by atoms with van der Waals surface area (Å²) in [5.41, 5.74) is 0. The zero-order chi connectivity index (χ0) is 14.2. The molecule has 5 heteroatoms. The normalized spacial score (nSPS) is 12.9. The first-order valence-corrected chi connectivity index (χ1v) is 8.43. The summed E-state index contributed by atoms with van der Waals surface area (Å²) in [5.74, 6) is 2.14. The van der Waals surface area contributed by atoms with Gasteiger partial charge in [0.05, 0.1) is 6.61 Å². The van der Waals surface area contributed by atoms with E-state index in [1.165, 1.54) is 12.8 Å². The Bertz CT molecular complexity index is 237. The van der Waals surface area contributed by atoms with Crippen LogP contribution in [0.4, 0.5) is 0 Å². The van der Waals surface area contributed by atoms with Crippen molar-refractivity contribution in [2.24, 2.45) is 17.8 Å². The number of hydrogen-bond acceptors (Lipinski definition) is 2. The van der Waals surface area contributed by atoms with Gasteiger partial charge in [-0.25, -0.2) is 4.57 Å². The summed E-state index contributed by atoms with van der Waals surface area (Å²) < 4.78 is 14.9. The average molecular weight is 280 g/mol. The zero-order valence-corrected chi connectivity index (χ0v) is 13.0. The number of rotatable bonds is 10. The van der Waals surface area contributed by atoms with Crippen molar-refractivity contribution in [2.45, 2.75) is 59.8 Å². The summed E-state index contributed by atoms with van der Waals surface area (Å²) in [6.07, 6.45) is 5.29. The molecule has 0 spiro atoms. The van der Waals surface area contributed by atoms with Crippen LogP contribution in [-0.4, -0.2) is 16.4 Å². The van der Waals surface area contributed by atoms with Gasteiger partial charge >= 0.3 is 7.82 Å². The SMILES string of the molecule is CC(C)CC(CCCCOP(=O)(O)O)CC(C)C. The molecule has 0 heterocycles. The highest BCUT2D eigenvalue weighted by atomic mass is 31.2. The van der Waals surface area contributed by atoms with Gasteiger partial charge in [-0.05, 0) is 37.0 Å². The third-order valence-corrected chi connectivity index (χ3v) is 3.39. The fourth-order valence-corrected chi connectivity index (χ4v) is 2.75. The summed E-state index contributed by atoms with van der Waals surface area (Å²) in [6.45, 7) is 9.11. The van der Waals surface area contributed by atoms with Crippen molar-refractivity contribution in [3.8, 4) is 0 Å². The van der Waals surface area contributed by atoms with E-state index < -0.39 is 7.82 Å². The van der Waals surface area contributed by atoms with Gasteiger partial charge in [-0.2, -0.15) is 0 Å². The van der Waals surface area contributed by atoms with Crippen molar-refractivity contribution in [1.29, 1.82) is 0 Å². The van der Waals surface area contributed by atoms with Crippen LogP contribution in [0.3, 0.4) is 0 Å². The van der Waals surface area contributed by atoms with Crippen molar-refractivity contribution in [2.75, 3.05) is 6.61 Å². The van der Waals surface area contributed by atoms with Gasteiger partial charge in [0.15, 0.2) is 0 Å². The Morgan fingerprint density at radius 3 is 1.89 bits per heavy atom. The lowest BCUT2D eigenvalue weighted by Gasteiger charge is -2.20. The fourth-order valence-electron chi connectivity index (χ4n) is 2.38. The molecule has 110 valence electrons. The minimum atomic E-state index is -4.27. The molecule has 0 aliphatic rings. The van der Waals surface area contributed by atoms with E-state index in [9.17, 15) is 4.57 Å². The molecule has 4 nitrogen and oxygen atoms in total. The molecule has 0 aromatic rings. The second-order valence-electron chi connectivity index (χ2n) is 5.94. The Labute approximate surface area is 111 Å². The lowest BCUT2D eigenvalue weighted by Crippen LogP contribution is -2.08. The van der Waals surface area contributed by atoms with Gasteiger partial charge < -0.3 is 9.79 Å². The van der Waals surface area contributed by atoms with Crippen LogP contribution >= 0.6 is 7.82 Å². The Balaban J connectivity index is 3.79. The van der Waals surface area contributed by atoms with E-state index in [1.807, 2.05) is 0 Å². The van der Waals surface area contributed by atoms with E-state index in [4.69, 9.17) is 9.79 Å². The predicted molar refractivity (Wildman–Crippen MR) is 74.2 cm³/mol. The first-order chi connectivity index (χ1) is 8.20. The Hall–Kier alpha value is 0.110. The highest BCUT2D eigenvalue weighted by molar-refractivity contribution is 7.46. The van der Waals surface area contributed by atoms with Gasteiger partial charge in [0.1, 0.15) is 0 Å². The van der Waals surface area contributed by atoms with Crippen molar-refractivity contribution < 1.29 is 18.9 Å². The van der Waals surface area contributed by atoms with Crippen LogP contribution in [0.25, 0.3) is 0 Å². The number of hydrogen-bond donors (Lipinski definition) is 2. The monoisotopic (exact) mass is 280 g/mol. The maximum Gasteiger partial charge on any atom is 0.469 e. The second kappa shape index (κ2) is 9.08. The maximum absolute atomic E-state index is 10.5. The zero-order valence-electron chi connectivity index (χ0n) is 12.1. The highest BCUT2D eigenvalue weighted by Crippen LogP contribution is 2.36. The molecule has 0 aromatic heterocycles. The minimum Gasteiger partial charge on any atom is -0.303 e. The third kappa shape index (κ3) is 12.6. The first kappa shape index (κ1) is 18.1. The average Bonchev–Trinajstić information content (AvgIpc) is 2.12. The molecule has 0 unspecified atom stereocenters. The highest BCUT2D eigenvalue weighted by Gasteiger charge is 2.15. The third-order valence-electron chi connectivity index (χ3n) is 2.88. The van der Waals surface area contributed by atoms with E-state index in [0.717, 1.165) is 25.2 Å². The van der Waals surface area contributed by atoms with E-state index in [1.54, 1.807) is 0 Å². The predicted octanol–water partition coefficient (Wildman–Crippen LogP) is 3.97. The summed E-state index contributed by atoms with van der Waals surface area (Å²) in [7, 11) is -4.27. The molecule has 0 bridgehead atoms. The molecule has 0 aliphatic carbocycles.